The third-order valence-electron chi connectivity index (χ3n) is 4.24. The minimum absolute atomic E-state index is 0.0972. The summed E-state index contributed by atoms with van der Waals surface area (Å²) in [5.41, 5.74) is -0.0185. The first-order chi connectivity index (χ1) is 11.8. The van der Waals surface area contributed by atoms with Crippen LogP contribution < -0.4 is 10.6 Å². The summed E-state index contributed by atoms with van der Waals surface area (Å²) in [4.78, 5) is 12.3. The largest absolute Gasteiger partial charge is 0.416 e. The number of nitrogens with one attached hydrogen (secondary N) is 2. The van der Waals surface area contributed by atoms with E-state index in [0.29, 0.717) is 11.7 Å². The molecule has 134 valence electrons. The number of aromatic nitrogens is 2. The van der Waals surface area contributed by atoms with Gasteiger partial charge in [0.25, 0.3) is 5.91 Å². The Kier molecular flexibility index (Phi) is 4.80. The summed E-state index contributed by atoms with van der Waals surface area (Å²) in [7, 11) is 0. The molecule has 3 rings (SSSR count). The van der Waals surface area contributed by atoms with E-state index in [1.54, 1.807) is 12.3 Å². The first-order valence-electron chi connectivity index (χ1n) is 8.10. The summed E-state index contributed by atoms with van der Waals surface area (Å²) >= 11 is 0. The standard InChI is InChI=1S/C17H19F3N4O/c1-11-10-13(6-8-21-11)22-16(25)15-7-9-24(23-15)14-4-2-12(3-5-14)17(18,19)20/h2-5,7,9,11,13,21H,6,8,10H2,1H3,(H,22,25)/t11-,13+/m1/s1. The van der Waals surface area contributed by atoms with E-state index in [0.717, 1.165) is 31.5 Å². The molecule has 1 aliphatic heterocycles. The van der Waals surface area contributed by atoms with Crippen LogP contribution in [0.1, 0.15) is 35.8 Å². The lowest BCUT2D eigenvalue weighted by Gasteiger charge is -2.28. The maximum absolute atomic E-state index is 12.6. The number of piperidine rings is 1. The molecule has 1 fully saturated rings. The predicted molar refractivity (Wildman–Crippen MR) is 86.5 cm³/mol. The minimum Gasteiger partial charge on any atom is -0.348 e. The highest BCUT2D eigenvalue weighted by Crippen LogP contribution is 2.29. The van der Waals surface area contributed by atoms with Crippen molar-refractivity contribution >= 4 is 5.91 Å². The van der Waals surface area contributed by atoms with Crippen molar-refractivity contribution in [3.63, 3.8) is 0 Å². The van der Waals surface area contributed by atoms with Crippen molar-refractivity contribution in [2.45, 2.75) is 38.0 Å². The van der Waals surface area contributed by atoms with Crippen LogP contribution in [0.4, 0.5) is 13.2 Å². The van der Waals surface area contributed by atoms with E-state index in [2.05, 4.69) is 22.7 Å². The fraction of sp³-hybridized carbons (Fsp3) is 0.412. The number of amides is 1. The minimum atomic E-state index is -4.38. The van der Waals surface area contributed by atoms with Crippen LogP contribution in [0.25, 0.3) is 5.69 Å². The highest BCUT2D eigenvalue weighted by molar-refractivity contribution is 5.92. The van der Waals surface area contributed by atoms with E-state index in [1.165, 1.54) is 16.8 Å². The molecule has 0 radical (unpaired) electrons. The topological polar surface area (TPSA) is 59.0 Å². The Labute approximate surface area is 143 Å². The second-order valence-corrected chi connectivity index (χ2v) is 6.24. The van der Waals surface area contributed by atoms with Crippen molar-refractivity contribution in [3.05, 3.63) is 47.8 Å². The van der Waals surface area contributed by atoms with Crippen molar-refractivity contribution in [1.29, 1.82) is 0 Å². The van der Waals surface area contributed by atoms with E-state index >= 15 is 0 Å². The predicted octanol–water partition coefficient (Wildman–Crippen LogP) is 2.76. The van der Waals surface area contributed by atoms with Crippen molar-refractivity contribution < 1.29 is 18.0 Å². The molecule has 1 saturated heterocycles. The van der Waals surface area contributed by atoms with Crippen LogP contribution in [0.3, 0.4) is 0 Å². The highest BCUT2D eigenvalue weighted by Gasteiger charge is 2.30. The number of benzene rings is 1. The second kappa shape index (κ2) is 6.87. The van der Waals surface area contributed by atoms with Crippen molar-refractivity contribution in [1.82, 2.24) is 20.4 Å². The molecule has 5 nitrogen and oxygen atoms in total. The molecule has 8 heteroatoms. The molecule has 1 aromatic carbocycles. The zero-order chi connectivity index (χ0) is 18.0. The lowest BCUT2D eigenvalue weighted by Crippen LogP contribution is -2.46. The molecule has 0 bridgehead atoms. The molecule has 1 aromatic heterocycles. The SMILES string of the molecule is C[C@@H]1C[C@@H](NC(=O)c2ccn(-c3ccc(C(F)(F)F)cc3)n2)CCN1. The number of carbonyl (C=O) groups is 1. The van der Waals surface area contributed by atoms with Crippen LogP contribution in [-0.2, 0) is 6.18 Å². The lowest BCUT2D eigenvalue weighted by molar-refractivity contribution is -0.137. The maximum atomic E-state index is 12.6. The molecule has 2 atom stereocenters. The van der Waals surface area contributed by atoms with Gasteiger partial charge < -0.3 is 10.6 Å². The fourth-order valence-electron chi connectivity index (χ4n) is 2.91. The lowest BCUT2D eigenvalue weighted by atomic mass is 10.0. The summed E-state index contributed by atoms with van der Waals surface area (Å²) < 4.78 is 39.2. The van der Waals surface area contributed by atoms with Crippen LogP contribution in [0.2, 0.25) is 0 Å². The summed E-state index contributed by atoms with van der Waals surface area (Å²) in [5.74, 6) is -0.273. The van der Waals surface area contributed by atoms with Gasteiger partial charge in [-0.15, -0.1) is 0 Å². The maximum Gasteiger partial charge on any atom is 0.416 e. The third kappa shape index (κ3) is 4.19. The number of halogens is 3. The Hall–Kier alpha value is -2.35. The Morgan fingerprint density at radius 3 is 2.64 bits per heavy atom. The van der Waals surface area contributed by atoms with Gasteiger partial charge in [-0.05, 0) is 56.6 Å². The molecule has 2 heterocycles. The van der Waals surface area contributed by atoms with Crippen LogP contribution in [0.15, 0.2) is 36.5 Å². The van der Waals surface area contributed by atoms with E-state index in [4.69, 9.17) is 0 Å². The Morgan fingerprint density at radius 2 is 2.00 bits per heavy atom. The molecular formula is C17H19F3N4O. The van der Waals surface area contributed by atoms with Gasteiger partial charge in [0.15, 0.2) is 5.69 Å². The summed E-state index contributed by atoms with van der Waals surface area (Å²) in [6.07, 6.45) is -1.11. The van der Waals surface area contributed by atoms with Crippen molar-refractivity contribution in [2.24, 2.45) is 0 Å². The first-order valence-corrected chi connectivity index (χ1v) is 8.10. The quantitative estimate of drug-likeness (QED) is 0.893. The number of rotatable bonds is 3. The normalized spacial score (nSPS) is 21.1. The Morgan fingerprint density at radius 1 is 1.28 bits per heavy atom. The van der Waals surface area contributed by atoms with E-state index < -0.39 is 11.7 Å². The molecule has 1 amide bonds. The van der Waals surface area contributed by atoms with Gasteiger partial charge >= 0.3 is 6.18 Å². The second-order valence-electron chi connectivity index (χ2n) is 6.24. The zero-order valence-electron chi connectivity index (χ0n) is 13.7. The fourth-order valence-corrected chi connectivity index (χ4v) is 2.91. The number of nitrogens with zero attached hydrogens (tertiary/aromatic N) is 2. The molecule has 2 aromatic rings. The van der Waals surface area contributed by atoms with Gasteiger partial charge in [-0.2, -0.15) is 18.3 Å². The van der Waals surface area contributed by atoms with Gasteiger partial charge in [-0.25, -0.2) is 4.68 Å². The number of hydrogen-bond donors (Lipinski definition) is 2. The summed E-state index contributed by atoms with van der Waals surface area (Å²) in [5, 5.41) is 10.4. The molecule has 0 spiro atoms. The van der Waals surface area contributed by atoms with Gasteiger partial charge in [0.05, 0.1) is 11.3 Å². The van der Waals surface area contributed by atoms with Crippen molar-refractivity contribution in [3.8, 4) is 5.69 Å². The Bertz CT molecular complexity index is 739. The van der Waals surface area contributed by atoms with Crippen LogP contribution in [0, 0.1) is 0 Å². The van der Waals surface area contributed by atoms with Gasteiger partial charge in [-0.3, -0.25) is 4.79 Å². The van der Waals surface area contributed by atoms with Gasteiger partial charge in [0, 0.05) is 18.3 Å². The molecular weight excluding hydrogens is 333 g/mol. The smallest absolute Gasteiger partial charge is 0.348 e. The highest BCUT2D eigenvalue weighted by atomic mass is 19.4. The van der Waals surface area contributed by atoms with E-state index in [9.17, 15) is 18.0 Å². The van der Waals surface area contributed by atoms with Gasteiger partial charge in [0.2, 0.25) is 0 Å². The first kappa shape index (κ1) is 17.5. The number of alkyl halides is 3. The molecule has 0 unspecified atom stereocenters. The molecule has 0 saturated carbocycles. The van der Waals surface area contributed by atoms with Crippen LogP contribution in [-0.4, -0.2) is 34.3 Å². The summed E-state index contributed by atoms with van der Waals surface area (Å²) in [6.45, 7) is 2.92. The molecule has 1 aliphatic rings. The molecule has 0 aliphatic carbocycles. The average Bonchev–Trinajstić information content (AvgIpc) is 3.04. The zero-order valence-corrected chi connectivity index (χ0v) is 13.7. The number of hydrogen-bond acceptors (Lipinski definition) is 3. The average molecular weight is 352 g/mol. The van der Waals surface area contributed by atoms with Gasteiger partial charge in [0.1, 0.15) is 0 Å². The monoisotopic (exact) mass is 352 g/mol. The number of carbonyl (C=O) groups excluding carboxylic acids is 1. The Balaban J connectivity index is 1.68. The van der Waals surface area contributed by atoms with Crippen molar-refractivity contribution in [2.75, 3.05) is 6.54 Å². The van der Waals surface area contributed by atoms with Crippen LogP contribution >= 0.6 is 0 Å². The van der Waals surface area contributed by atoms with E-state index in [-0.39, 0.29) is 17.6 Å². The molecule has 2 N–H and O–H groups in total. The summed E-state index contributed by atoms with van der Waals surface area (Å²) in [6, 6.07) is 6.64. The van der Waals surface area contributed by atoms with Gasteiger partial charge in [-0.1, -0.05) is 0 Å². The third-order valence-corrected chi connectivity index (χ3v) is 4.24. The van der Waals surface area contributed by atoms with Crippen LogP contribution in [0.5, 0.6) is 0 Å². The van der Waals surface area contributed by atoms with E-state index in [1.807, 2.05) is 0 Å². The molecule has 25 heavy (non-hydrogen) atoms.